The van der Waals surface area contributed by atoms with Gasteiger partial charge in [0.1, 0.15) is 0 Å². The average molecular weight is 980 g/mol. The first-order valence-electron chi connectivity index (χ1n) is 20.0. The van der Waals surface area contributed by atoms with E-state index in [9.17, 15) is 0 Å². The number of hydrogen-bond acceptors (Lipinski definition) is 4. The molecule has 0 aliphatic carbocycles. The van der Waals surface area contributed by atoms with E-state index in [1.54, 1.807) is 0 Å². The van der Waals surface area contributed by atoms with E-state index in [1.165, 1.54) is 21.5 Å². The summed E-state index contributed by atoms with van der Waals surface area (Å²) in [4.78, 5) is 8.89. The summed E-state index contributed by atoms with van der Waals surface area (Å²) in [6, 6.07) is 47.1. The van der Waals surface area contributed by atoms with Gasteiger partial charge in [0.15, 0.2) is 0 Å². The molecular formula is C52H58N6Pd2. The van der Waals surface area contributed by atoms with Crippen molar-refractivity contribution in [3.05, 3.63) is 169 Å². The summed E-state index contributed by atoms with van der Waals surface area (Å²) in [7, 11) is 0. The minimum absolute atomic E-state index is 0. The Morgan fingerprint density at radius 3 is 1.05 bits per heavy atom. The van der Waals surface area contributed by atoms with Crippen molar-refractivity contribution in [1.82, 2.24) is 30.4 Å². The van der Waals surface area contributed by atoms with E-state index < -0.39 is 0 Å². The van der Waals surface area contributed by atoms with Crippen molar-refractivity contribution in [3.8, 4) is 22.5 Å². The molecule has 8 heteroatoms. The van der Waals surface area contributed by atoms with E-state index in [2.05, 4.69) is 162 Å². The Labute approximate surface area is 386 Å². The van der Waals surface area contributed by atoms with Gasteiger partial charge in [0.2, 0.25) is 0 Å². The van der Waals surface area contributed by atoms with Crippen LogP contribution in [0, 0.1) is 12.1 Å². The van der Waals surface area contributed by atoms with Crippen molar-refractivity contribution in [1.29, 1.82) is 0 Å². The molecule has 316 valence electrons. The first kappa shape index (κ1) is 49.8. The monoisotopic (exact) mass is 978 g/mol. The molecule has 4 heterocycles. The zero-order chi connectivity index (χ0) is 42.1. The Hall–Kier alpha value is -4.56. The first-order valence-corrected chi connectivity index (χ1v) is 20.0. The second kappa shape index (κ2) is 21.3. The minimum atomic E-state index is 0. The van der Waals surface area contributed by atoms with E-state index in [1.807, 2.05) is 97.3 Å². The summed E-state index contributed by atoms with van der Waals surface area (Å²) >= 11 is 0. The molecule has 0 fully saturated rings. The molecule has 0 unspecified atom stereocenters. The van der Waals surface area contributed by atoms with Crippen molar-refractivity contribution in [3.63, 3.8) is 0 Å². The summed E-state index contributed by atoms with van der Waals surface area (Å²) in [6.07, 6.45) is 3.69. The van der Waals surface area contributed by atoms with Crippen LogP contribution < -0.4 is 10.2 Å². The van der Waals surface area contributed by atoms with Crippen molar-refractivity contribution >= 4 is 21.5 Å². The van der Waals surface area contributed by atoms with Gasteiger partial charge in [-0.1, -0.05) is 144 Å². The van der Waals surface area contributed by atoms with Crippen LogP contribution in [0.4, 0.5) is 0 Å². The normalized spacial score (nSPS) is 11.4. The number of rotatable bonds is 2. The molecule has 6 nitrogen and oxygen atoms in total. The zero-order valence-corrected chi connectivity index (χ0v) is 40.1. The van der Waals surface area contributed by atoms with Gasteiger partial charge in [0, 0.05) is 34.6 Å². The van der Waals surface area contributed by atoms with Gasteiger partial charge < -0.3 is 30.4 Å². The van der Waals surface area contributed by atoms with Crippen molar-refractivity contribution in [2.45, 2.75) is 105 Å². The van der Waals surface area contributed by atoms with Crippen molar-refractivity contribution in [2.24, 2.45) is 0 Å². The number of fused-ring (bicyclic) bond motifs is 2. The van der Waals surface area contributed by atoms with Crippen molar-refractivity contribution in [2.75, 3.05) is 0 Å². The molecule has 4 aromatic heterocycles. The molecule has 0 saturated heterocycles. The second-order valence-electron chi connectivity index (χ2n) is 18.5. The minimum Gasteiger partial charge on any atom is -0.578 e. The van der Waals surface area contributed by atoms with Crippen molar-refractivity contribution < 1.29 is 40.8 Å². The van der Waals surface area contributed by atoms with Crippen LogP contribution in [0.3, 0.4) is 0 Å². The summed E-state index contributed by atoms with van der Waals surface area (Å²) in [5, 5.41) is 21.6. The predicted molar refractivity (Wildman–Crippen MR) is 242 cm³/mol. The molecule has 4 aromatic carbocycles. The maximum absolute atomic E-state index is 4.45. The maximum Gasteiger partial charge on any atom is 2.00 e. The number of benzene rings is 4. The first-order chi connectivity index (χ1) is 27.3. The Bertz CT molecular complexity index is 2250. The summed E-state index contributed by atoms with van der Waals surface area (Å²) in [5.74, 6) is 0. The largest absolute Gasteiger partial charge is 2.00 e. The van der Waals surface area contributed by atoms with Gasteiger partial charge in [-0.25, -0.2) is 0 Å². The quantitative estimate of drug-likeness (QED) is 0.127. The Morgan fingerprint density at radius 2 is 0.767 bits per heavy atom. The SMILES string of the molecule is CC(C)(C)c1cc(C(C)(C)C)[n-]n1.CC(C)(C)c1cc(C(C)(C)C)[n-]n1.[Pd+2].[Pd+2].[c-]1ccccc1-c1nccc2ccccc12.[c-]1ccccc1-c1nccc2ccccc12. The van der Waals surface area contributed by atoms with E-state index in [-0.39, 0.29) is 62.5 Å². The summed E-state index contributed by atoms with van der Waals surface area (Å²) in [6.45, 7) is 25.9. The van der Waals surface area contributed by atoms with Gasteiger partial charge in [-0.05, 0) is 55.9 Å². The van der Waals surface area contributed by atoms with Crippen LogP contribution in [0.5, 0.6) is 0 Å². The van der Waals surface area contributed by atoms with E-state index in [0.717, 1.165) is 45.3 Å². The van der Waals surface area contributed by atoms with E-state index in [4.69, 9.17) is 0 Å². The number of hydrogen-bond donors (Lipinski definition) is 0. The molecule has 0 spiro atoms. The van der Waals surface area contributed by atoms with Gasteiger partial charge >= 0.3 is 40.8 Å². The third-order valence-electron chi connectivity index (χ3n) is 9.43. The maximum atomic E-state index is 4.45. The Kier molecular flexibility index (Phi) is 17.7. The molecule has 0 aliphatic heterocycles. The van der Waals surface area contributed by atoms with Gasteiger partial charge in [0.25, 0.3) is 0 Å². The third-order valence-corrected chi connectivity index (χ3v) is 9.43. The number of pyridine rings is 2. The van der Waals surface area contributed by atoms with E-state index >= 15 is 0 Å². The molecule has 0 bridgehead atoms. The van der Waals surface area contributed by atoms with Gasteiger partial charge in [-0.2, -0.15) is 0 Å². The zero-order valence-electron chi connectivity index (χ0n) is 37.0. The smallest absolute Gasteiger partial charge is 0.578 e. The van der Waals surface area contributed by atoms with Crippen LogP contribution in [0.2, 0.25) is 0 Å². The standard InChI is InChI=1S/2C15H10N.2C11H19N2.2Pd/c2*1-2-7-13(8-3-1)15-14-9-5-4-6-12(14)10-11-16-15;2*1-10(2,3)8-7-9(13-12-8)11(4,5)6;;/h2*1-7,9-11H;2*7H,1-6H3;;/q4*-1;2*+2. The molecule has 8 rings (SSSR count). The molecule has 0 aliphatic rings. The van der Waals surface area contributed by atoms with E-state index in [0.29, 0.717) is 0 Å². The molecule has 0 radical (unpaired) electrons. The Morgan fingerprint density at radius 1 is 0.417 bits per heavy atom. The molecule has 0 N–H and O–H groups in total. The Balaban J connectivity index is 0.000000213. The topological polar surface area (TPSA) is 79.8 Å². The molecular weight excluding hydrogens is 921 g/mol. The molecule has 0 atom stereocenters. The fraction of sp³-hybridized carbons (Fsp3) is 0.308. The summed E-state index contributed by atoms with van der Waals surface area (Å²) < 4.78 is 0. The van der Waals surface area contributed by atoms with Crippen LogP contribution >= 0.6 is 0 Å². The fourth-order valence-corrected chi connectivity index (χ4v) is 5.81. The third kappa shape index (κ3) is 13.7. The average Bonchev–Trinajstić information content (AvgIpc) is 3.92. The predicted octanol–water partition coefficient (Wildman–Crippen LogP) is 12.7. The van der Waals surface area contributed by atoms with Gasteiger partial charge in [0.05, 0.1) is 0 Å². The van der Waals surface area contributed by atoms with Crippen LogP contribution in [-0.4, -0.2) is 20.2 Å². The number of aromatic nitrogens is 6. The second-order valence-corrected chi connectivity index (χ2v) is 18.5. The van der Waals surface area contributed by atoms with Gasteiger partial charge in [-0.3, -0.25) is 0 Å². The van der Waals surface area contributed by atoms with Crippen LogP contribution in [0.1, 0.15) is 106 Å². The van der Waals surface area contributed by atoms with Gasteiger partial charge in [-0.15, -0.1) is 83.2 Å². The molecule has 0 amide bonds. The summed E-state index contributed by atoms with van der Waals surface area (Å²) in [5.41, 5.74) is 8.83. The number of nitrogens with zero attached hydrogens (tertiary/aromatic N) is 6. The molecule has 60 heavy (non-hydrogen) atoms. The fourth-order valence-electron chi connectivity index (χ4n) is 5.81. The van der Waals surface area contributed by atoms with Crippen LogP contribution in [-0.2, 0) is 62.5 Å². The molecule has 0 saturated carbocycles. The van der Waals surface area contributed by atoms with Crippen LogP contribution in [0.25, 0.3) is 44.1 Å². The van der Waals surface area contributed by atoms with Crippen LogP contribution in [0.15, 0.2) is 134 Å². The molecule has 8 aromatic rings.